The molecule has 5 rings (SSSR count). The van der Waals surface area contributed by atoms with E-state index in [1.165, 1.54) is 12.1 Å². The number of carbonyl (C=O) groups excluding carboxylic acids is 1. The first-order valence-corrected chi connectivity index (χ1v) is 11.2. The third-order valence-electron chi connectivity index (χ3n) is 5.81. The SMILES string of the molecule is O=C(c1cc(-c2ccc(F)cc2)nn1-c1ccccc1)N1CCN(c2cccc(Cl)c2)CC1. The van der Waals surface area contributed by atoms with Gasteiger partial charge in [0.25, 0.3) is 5.91 Å². The Bertz CT molecular complexity index is 1270. The van der Waals surface area contributed by atoms with Crippen LogP contribution >= 0.6 is 11.6 Å². The molecule has 0 spiro atoms. The van der Waals surface area contributed by atoms with Gasteiger partial charge in [-0.1, -0.05) is 35.9 Å². The number of aromatic nitrogens is 2. The third kappa shape index (κ3) is 4.47. The van der Waals surface area contributed by atoms with E-state index in [0.29, 0.717) is 29.5 Å². The number of amides is 1. The van der Waals surface area contributed by atoms with E-state index in [-0.39, 0.29) is 11.7 Å². The van der Waals surface area contributed by atoms with E-state index in [2.05, 4.69) is 4.90 Å². The van der Waals surface area contributed by atoms with E-state index in [9.17, 15) is 9.18 Å². The van der Waals surface area contributed by atoms with Crippen molar-refractivity contribution in [2.75, 3.05) is 31.1 Å². The third-order valence-corrected chi connectivity index (χ3v) is 6.04. The van der Waals surface area contributed by atoms with E-state index in [0.717, 1.165) is 30.0 Å². The fraction of sp³-hybridized carbons (Fsp3) is 0.154. The largest absolute Gasteiger partial charge is 0.368 e. The molecule has 0 bridgehead atoms. The molecule has 0 atom stereocenters. The Morgan fingerprint density at radius 2 is 1.52 bits per heavy atom. The van der Waals surface area contributed by atoms with Crippen molar-refractivity contribution >= 4 is 23.2 Å². The zero-order valence-corrected chi connectivity index (χ0v) is 18.6. The van der Waals surface area contributed by atoms with Gasteiger partial charge in [0.2, 0.25) is 0 Å². The summed E-state index contributed by atoms with van der Waals surface area (Å²) in [6.07, 6.45) is 0. The van der Waals surface area contributed by atoms with E-state index in [4.69, 9.17) is 16.7 Å². The van der Waals surface area contributed by atoms with Crippen molar-refractivity contribution in [3.8, 4) is 16.9 Å². The van der Waals surface area contributed by atoms with Gasteiger partial charge in [0, 0.05) is 42.5 Å². The van der Waals surface area contributed by atoms with Crippen molar-refractivity contribution in [1.29, 1.82) is 0 Å². The molecular formula is C26H22ClFN4O. The molecule has 2 heterocycles. The lowest BCUT2D eigenvalue weighted by Crippen LogP contribution is -2.49. The summed E-state index contributed by atoms with van der Waals surface area (Å²) in [6.45, 7) is 2.63. The second-order valence-electron chi connectivity index (χ2n) is 7.93. The number of anilines is 1. The van der Waals surface area contributed by atoms with Crippen molar-refractivity contribution in [2.45, 2.75) is 0 Å². The second-order valence-corrected chi connectivity index (χ2v) is 8.36. The van der Waals surface area contributed by atoms with Gasteiger partial charge in [-0.05, 0) is 60.7 Å². The van der Waals surface area contributed by atoms with Crippen LogP contribution in [0.4, 0.5) is 10.1 Å². The first-order valence-electron chi connectivity index (χ1n) is 10.8. The number of hydrogen-bond acceptors (Lipinski definition) is 3. The maximum Gasteiger partial charge on any atom is 0.272 e. The first kappa shape index (κ1) is 21.2. The van der Waals surface area contributed by atoms with Crippen molar-refractivity contribution in [2.24, 2.45) is 0 Å². The summed E-state index contributed by atoms with van der Waals surface area (Å²) in [5.74, 6) is -0.388. The summed E-state index contributed by atoms with van der Waals surface area (Å²) < 4.78 is 15.1. The van der Waals surface area contributed by atoms with Crippen LogP contribution in [0.5, 0.6) is 0 Å². The average molecular weight is 461 g/mol. The topological polar surface area (TPSA) is 41.4 Å². The molecule has 1 saturated heterocycles. The van der Waals surface area contributed by atoms with E-state index < -0.39 is 0 Å². The molecule has 0 radical (unpaired) electrons. The van der Waals surface area contributed by atoms with Gasteiger partial charge >= 0.3 is 0 Å². The Morgan fingerprint density at radius 1 is 0.818 bits per heavy atom. The quantitative estimate of drug-likeness (QED) is 0.415. The Hall–Kier alpha value is -3.64. The van der Waals surface area contributed by atoms with Crippen LogP contribution in [0.25, 0.3) is 16.9 Å². The standard InChI is InChI=1S/C26H22ClFN4O/c27-20-5-4-8-23(17-20)30-13-15-31(16-14-30)26(33)25-18-24(19-9-11-21(28)12-10-19)29-32(25)22-6-2-1-3-7-22/h1-12,17-18H,13-16H2. The van der Waals surface area contributed by atoms with Crippen LogP contribution in [0.15, 0.2) is 84.9 Å². The van der Waals surface area contributed by atoms with Gasteiger partial charge in [0.15, 0.2) is 0 Å². The lowest BCUT2D eigenvalue weighted by Gasteiger charge is -2.36. The summed E-state index contributed by atoms with van der Waals surface area (Å²) in [5, 5.41) is 5.39. The van der Waals surface area contributed by atoms with Crippen LogP contribution in [-0.4, -0.2) is 46.8 Å². The second kappa shape index (κ2) is 9.08. The first-order chi connectivity index (χ1) is 16.1. The number of hydrogen-bond donors (Lipinski definition) is 0. The van der Waals surface area contributed by atoms with Gasteiger partial charge in [-0.15, -0.1) is 0 Å². The molecule has 1 aromatic heterocycles. The molecule has 33 heavy (non-hydrogen) atoms. The number of piperazine rings is 1. The minimum Gasteiger partial charge on any atom is -0.368 e. The highest BCUT2D eigenvalue weighted by Crippen LogP contribution is 2.25. The lowest BCUT2D eigenvalue weighted by atomic mass is 10.1. The van der Waals surface area contributed by atoms with Gasteiger partial charge in [0.05, 0.1) is 11.4 Å². The molecule has 0 unspecified atom stereocenters. The molecule has 7 heteroatoms. The molecule has 1 aliphatic heterocycles. The normalized spacial score (nSPS) is 13.9. The van der Waals surface area contributed by atoms with Gasteiger partial charge in [-0.25, -0.2) is 9.07 Å². The van der Waals surface area contributed by atoms with Crippen molar-refractivity contribution < 1.29 is 9.18 Å². The molecule has 1 fully saturated rings. The molecule has 1 amide bonds. The Balaban J connectivity index is 1.42. The molecule has 3 aromatic carbocycles. The number of benzene rings is 3. The summed E-state index contributed by atoms with van der Waals surface area (Å²) in [4.78, 5) is 17.6. The summed E-state index contributed by atoms with van der Waals surface area (Å²) >= 11 is 6.14. The Kier molecular flexibility index (Phi) is 5.84. The van der Waals surface area contributed by atoms with Crippen LogP contribution < -0.4 is 4.90 Å². The van der Waals surface area contributed by atoms with Crippen molar-refractivity contribution in [3.05, 3.63) is 101 Å². The van der Waals surface area contributed by atoms with E-state index in [1.54, 1.807) is 22.9 Å². The van der Waals surface area contributed by atoms with Crippen LogP contribution in [0.3, 0.4) is 0 Å². The predicted octanol–water partition coefficient (Wildman–Crippen LogP) is 5.29. The molecular weight excluding hydrogens is 439 g/mol. The minimum absolute atomic E-state index is 0.0783. The summed E-state index contributed by atoms with van der Waals surface area (Å²) in [6, 6.07) is 25.2. The summed E-state index contributed by atoms with van der Waals surface area (Å²) in [5.41, 5.74) is 3.72. The summed E-state index contributed by atoms with van der Waals surface area (Å²) in [7, 11) is 0. The fourth-order valence-corrected chi connectivity index (χ4v) is 4.25. The molecule has 166 valence electrons. The zero-order valence-electron chi connectivity index (χ0n) is 17.9. The smallest absolute Gasteiger partial charge is 0.272 e. The minimum atomic E-state index is -0.310. The van der Waals surface area contributed by atoms with Gasteiger partial charge in [-0.2, -0.15) is 5.10 Å². The highest BCUT2D eigenvalue weighted by molar-refractivity contribution is 6.30. The maximum absolute atomic E-state index is 13.6. The maximum atomic E-state index is 13.6. The molecule has 0 N–H and O–H groups in total. The Morgan fingerprint density at radius 3 is 2.21 bits per heavy atom. The number of nitrogens with zero attached hydrogens (tertiary/aromatic N) is 4. The van der Waals surface area contributed by atoms with Gasteiger partial charge in [0.1, 0.15) is 11.5 Å². The lowest BCUT2D eigenvalue weighted by molar-refractivity contribution is 0.0737. The average Bonchev–Trinajstić information content (AvgIpc) is 3.30. The molecule has 0 aliphatic carbocycles. The van der Waals surface area contributed by atoms with Crippen molar-refractivity contribution in [3.63, 3.8) is 0 Å². The highest BCUT2D eigenvalue weighted by Gasteiger charge is 2.26. The number of carbonyl (C=O) groups is 1. The van der Waals surface area contributed by atoms with Gasteiger partial charge in [-0.3, -0.25) is 4.79 Å². The molecule has 1 aliphatic rings. The van der Waals surface area contributed by atoms with Crippen LogP contribution in [0.1, 0.15) is 10.5 Å². The number of halogens is 2. The molecule has 0 saturated carbocycles. The van der Waals surface area contributed by atoms with Crippen LogP contribution in [0, 0.1) is 5.82 Å². The van der Waals surface area contributed by atoms with Crippen molar-refractivity contribution in [1.82, 2.24) is 14.7 Å². The number of rotatable bonds is 4. The van der Waals surface area contributed by atoms with E-state index in [1.807, 2.05) is 59.5 Å². The van der Waals surface area contributed by atoms with Gasteiger partial charge < -0.3 is 9.80 Å². The van der Waals surface area contributed by atoms with E-state index >= 15 is 0 Å². The fourth-order valence-electron chi connectivity index (χ4n) is 4.06. The monoisotopic (exact) mass is 460 g/mol. The zero-order chi connectivity index (χ0) is 22.8. The van der Waals surface area contributed by atoms with Crippen LogP contribution in [-0.2, 0) is 0 Å². The predicted molar refractivity (Wildman–Crippen MR) is 129 cm³/mol. The van der Waals surface area contributed by atoms with Crippen LogP contribution in [0.2, 0.25) is 5.02 Å². The molecule has 5 nitrogen and oxygen atoms in total. The highest BCUT2D eigenvalue weighted by atomic mass is 35.5. The molecule has 4 aromatic rings. The Labute approximate surface area is 196 Å². The number of para-hydroxylation sites is 1.